The highest BCUT2D eigenvalue weighted by Gasteiger charge is 2.35. The average molecular weight is 707 g/mol. The molecule has 2 aliphatic rings. The van der Waals surface area contributed by atoms with E-state index in [9.17, 15) is 19.8 Å². The first kappa shape index (κ1) is 37.2. The van der Waals surface area contributed by atoms with Crippen LogP contribution in [0.1, 0.15) is 79.6 Å². The number of nitrogens with zero attached hydrogens (tertiary/aromatic N) is 1. The lowest BCUT2D eigenvalue weighted by molar-refractivity contribution is -0.253. The first-order valence-electron chi connectivity index (χ1n) is 18.3. The molecule has 0 radical (unpaired) electrons. The molecule has 274 valence electrons. The Labute approximate surface area is 305 Å². The van der Waals surface area contributed by atoms with Gasteiger partial charge in [-0.2, -0.15) is 0 Å². The van der Waals surface area contributed by atoms with E-state index in [1.165, 1.54) is 0 Å². The number of rotatable bonds is 15. The lowest BCUT2D eigenvalue weighted by atomic mass is 9.97. The van der Waals surface area contributed by atoms with Crippen LogP contribution in [0.2, 0.25) is 0 Å². The zero-order valence-electron chi connectivity index (χ0n) is 29.6. The molecule has 0 unspecified atom stereocenters. The number of para-hydroxylation sites is 2. The van der Waals surface area contributed by atoms with Gasteiger partial charge in [-0.05, 0) is 72.2 Å². The summed E-state index contributed by atoms with van der Waals surface area (Å²) in [5.74, 6) is -0.176. The van der Waals surface area contributed by atoms with Crippen molar-refractivity contribution in [1.29, 1.82) is 0 Å². The van der Waals surface area contributed by atoms with Crippen molar-refractivity contribution in [3.63, 3.8) is 0 Å². The topological polar surface area (TPSA) is 146 Å². The largest absolute Gasteiger partial charge is 0.397 e. The third-order valence-electron chi connectivity index (χ3n) is 10.0. The van der Waals surface area contributed by atoms with Gasteiger partial charge in [0.2, 0.25) is 11.8 Å². The van der Waals surface area contributed by atoms with Crippen LogP contribution in [0.5, 0.6) is 0 Å². The van der Waals surface area contributed by atoms with Crippen LogP contribution in [-0.4, -0.2) is 58.8 Å². The minimum absolute atomic E-state index is 0.00644. The summed E-state index contributed by atoms with van der Waals surface area (Å²) in [4.78, 5) is 27.3. The number of hydrogen-bond acceptors (Lipinski definition) is 8. The normalized spacial score (nSPS) is 20.4. The molecule has 2 saturated heterocycles. The zero-order chi connectivity index (χ0) is 36.3. The molecule has 0 aliphatic carbocycles. The molecule has 2 aliphatic heterocycles. The van der Waals surface area contributed by atoms with Crippen LogP contribution in [-0.2, 0) is 32.2 Å². The fourth-order valence-corrected chi connectivity index (χ4v) is 7.09. The van der Waals surface area contributed by atoms with Crippen LogP contribution in [0, 0.1) is 0 Å². The smallest absolute Gasteiger partial charge is 0.224 e. The Morgan fingerprint density at radius 1 is 0.827 bits per heavy atom. The molecule has 4 atom stereocenters. The van der Waals surface area contributed by atoms with Crippen molar-refractivity contribution in [2.24, 2.45) is 0 Å². The molecule has 0 saturated carbocycles. The molecule has 2 heterocycles. The Morgan fingerprint density at radius 2 is 1.54 bits per heavy atom. The number of anilines is 2. The third-order valence-corrected chi connectivity index (χ3v) is 10.0. The molecule has 6 N–H and O–H groups in total. The van der Waals surface area contributed by atoms with Gasteiger partial charge in [-0.1, -0.05) is 84.9 Å². The van der Waals surface area contributed by atoms with Gasteiger partial charge in [-0.25, -0.2) is 0 Å². The zero-order valence-corrected chi connectivity index (χ0v) is 29.6. The van der Waals surface area contributed by atoms with Gasteiger partial charge in [0.25, 0.3) is 0 Å². The number of benzene rings is 4. The highest BCUT2D eigenvalue weighted by molar-refractivity contribution is 5.93. The number of ether oxygens (including phenoxy) is 2. The number of aliphatic hydroxyl groups excluding tert-OH is 2. The van der Waals surface area contributed by atoms with E-state index in [0.29, 0.717) is 50.0 Å². The Hall–Kier alpha value is -4.58. The second-order valence-electron chi connectivity index (χ2n) is 13.7. The number of amides is 2. The van der Waals surface area contributed by atoms with Crippen molar-refractivity contribution in [2.45, 2.75) is 82.6 Å². The summed E-state index contributed by atoms with van der Waals surface area (Å²) in [7, 11) is 0. The molecule has 52 heavy (non-hydrogen) atoms. The summed E-state index contributed by atoms with van der Waals surface area (Å²) in [5.41, 5.74) is 12.9. The standard InChI is InChI=1S/C42H50N4O6/c43-37-11-3-4-12-38(37)45-41(50)14-6-5-13-40(49)44-25-33-8-1-2-10-36(33)30-19-21-32(22-20-30)42-51-35(26-46-23-7-9-34(46)28-48)24-39(52-42)31-17-15-29(27-47)16-18-31/h1-4,8,10-12,15-22,34-35,39,42,47-48H,5-7,9,13-14,23-28,43H2,(H,44,49)(H,45,50)/t34-,35-,39+,42+/m0/s1. The Balaban J connectivity index is 1.05. The fraction of sp³-hybridized carbons (Fsp3) is 0.381. The van der Waals surface area contributed by atoms with Gasteiger partial charge in [0.1, 0.15) is 0 Å². The van der Waals surface area contributed by atoms with Crippen LogP contribution >= 0.6 is 0 Å². The van der Waals surface area contributed by atoms with Crippen molar-refractivity contribution in [3.05, 3.63) is 119 Å². The number of aliphatic hydroxyl groups is 2. The maximum absolute atomic E-state index is 12.7. The van der Waals surface area contributed by atoms with E-state index in [4.69, 9.17) is 15.2 Å². The van der Waals surface area contributed by atoms with Crippen LogP contribution in [0.3, 0.4) is 0 Å². The summed E-state index contributed by atoms with van der Waals surface area (Å²) >= 11 is 0. The van der Waals surface area contributed by atoms with Gasteiger partial charge in [0.05, 0.1) is 36.8 Å². The van der Waals surface area contributed by atoms with Gasteiger partial charge in [0.15, 0.2) is 6.29 Å². The second-order valence-corrected chi connectivity index (χ2v) is 13.7. The van der Waals surface area contributed by atoms with Gasteiger partial charge in [-0.15, -0.1) is 0 Å². The summed E-state index contributed by atoms with van der Waals surface area (Å²) < 4.78 is 13.2. The predicted molar refractivity (Wildman–Crippen MR) is 202 cm³/mol. The number of likely N-dealkylation sites (tertiary alicyclic amines) is 1. The van der Waals surface area contributed by atoms with E-state index in [1.807, 2.05) is 66.7 Å². The number of carbonyl (C=O) groups is 2. The monoisotopic (exact) mass is 706 g/mol. The lowest BCUT2D eigenvalue weighted by Crippen LogP contribution is -2.42. The van der Waals surface area contributed by atoms with Crippen molar-refractivity contribution < 1.29 is 29.3 Å². The van der Waals surface area contributed by atoms with E-state index in [1.54, 1.807) is 12.1 Å². The van der Waals surface area contributed by atoms with Crippen molar-refractivity contribution in [3.8, 4) is 11.1 Å². The molecule has 4 aromatic rings. The van der Waals surface area contributed by atoms with E-state index >= 15 is 0 Å². The molecule has 6 rings (SSSR count). The molecule has 4 aromatic carbocycles. The van der Waals surface area contributed by atoms with E-state index < -0.39 is 6.29 Å². The minimum Gasteiger partial charge on any atom is -0.397 e. The summed E-state index contributed by atoms with van der Waals surface area (Å²) in [6.07, 6.45) is 3.80. The van der Waals surface area contributed by atoms with E-state index in [-0.39, 0.29) is 43.3 Å². The predicted octanol–water partition coefficient (Wildman–Crippen LogP) is 6.25. The Kier molecular flexibility index (Phi) is 13.1. The maximum Gasteiger partial charge on any atom is 0.224 e. The number of nitrogen functional groups attached to an aromatic ring is 1. The molecular formula is C42H50N4O6. The van der Waals surface area contributed by atoms with Gasteiger partial charge in [-0.3, -0.25) is 14.5 Å². The van der Waals surface area contributed by atoms with Crippen molar-refractivity contribution in [2.75, 3.05) is 30.7 Å². The van der Waals surface area contributed by atoms with E-state index in [2.05, 4.69) is 33.7 Å². The SMILES string of the molecule is Nc1ccccc1NC(=O)CCCCC(=O)NCc1ccccc1-c1ccc([C@@H]2O[C@H](CN3CCC[C@H]3CO)C[C@H](c3ccc(CO)cc3)O2)cc1. The number of hydrogen-bond donors (Lipinski definition) is 5. The van der Waals surface area contributed by atoms with Crippen molar-refractivity contribution >= 4 is 23.2 Å². The highest BCUT2D eigenvalue weighted by Crippen LogP contribution is 2.39. The highest BCUT2D eigenvalue weighted by atomic mass is 16.7. The van der Waals surface area contributed by atoms with Gasteiger partial charge in [0, 0.05) is 44.0 Å². The first-order valence-corrected chi connectivity index (χ1v) is 18.3. The van der Waals surface area contributed by atoms with Crippen LogP contribution < -0.4 is 16.4 Å². The number of nitrogens with two attached hydrogens (primary N) is 1. The minimum atomic E-state index is -0.567. The Morgan fingerprint density at radius 3 is 2.29 bits per heavy atom. The molecule has 0 spiro atoms. The maximum atomic E-state index is 12.7. The van der Waals surface area contributed by atoms with Crippen LogP contribution in [0.25, 0.3) is 11.1 Å². The summed E-state index contributed by atoms with van der Waals surface area (Å²) in [6, 6.07) is 31.4. The summed E-state index contributed by atoms with van der Waals surface area (Å²) in [5, 5.41) is 25.3. The van der Waals surface area contributed by atoms with Gasteiger partial charge < -0.3 is 36.1 Å². The van der Waals surface area contributed by atoms with Crippen LogP contribution in [0.15, 0.2) is 97.1 Å². The molecule has 2 fully saturated rings. The second kappa shape index (κ2) is 18.3. The molecule has 10 heteroatoms. The van der Waals surface area contributed by atoms with Crippen LogP contribution in [0.4, 0.5) is 11.4 Å². The van der Waals surface area contributed by atoms with Gasteiger partial charge >= 0.3 is 0 Å². The first-order chi connectivity index (χ1) is 25.4. The lowest BCUT2D eigenvalue weighted by Gasteiger charge is -2.38. The number of nitrogens with one attached hydrogen (secondary N) is 2. The molecule has 10 nitrogen and oxygen atoms in total. The fourth-order valence-electron chi connectivity index (χ4n) is 7.09. The summed E-state index contributed by atoms with van der Waals surface area (Å²) in [6.45, 7) is 2.21. The Bertz CT molecular complexity index is 1770. The van der Waals surface area contributed by atoms with E-state index in [0.717, 1.165) is 59.3 Å². The molecule has 0 bridgehead atoms. The molecule has 0 aromatic heterocycles. The average Bonchev–Trinajstić information content (AvgIpc) is 3.63. The molecule has 2 amide bonds. The number of unbranched alkanes of at least 4 members (excludes halogenated alkanes) is 1. The number of carbonyl (C=O) groups excluding carboxylic acids is 2. The third kappa shape index (κ3) is 9.84. The van der Waals surface area contributed by atoms with Crippen molar-refractivity contribution in [1.82, 2.24) is 10.2 Å². The quantitative estimate of drug-likeness (QED) is 0.0721. The molecular weight excluding hydrogens is 656 g/mol.